The first kappa shape index (κ1) is 17.4. The second-order valence-corrected chi connectivity index (χ2v) is 7.56. The molecule has 0 saturated carbocycles. The molecule has 2 aromatic rings. The van der Waals surface area contributed by atoms with Gasteiger partial charge in [-0.2, -0.15) is 0 Å². The van der Waals surface area contributed by atoms with Gasteiger partial charge in [0.25, 0.3) is 0 Å². The number of benzene rings is 2. The van der Waals surface area contributed by atoms with E-state index in [1.54, 1.807) is 0 Å². The molecule has 2 aromatic carbocycles. The van der Waals surface area contributed by atoms with E-state index in [0.717, 1.165) is 50.5 Å². The summed E-state index contributed by atoms with van der Waals surface area (Å²) in [5.74, 6) is 0.975. The molecule has 0 radical (unpaired) electrons. The molecule has 0 bridgehead atoms. The van der Waals surface area contributed by atoms with Gasteiger partial charge in [0.15, 0.2) is 0 Å². The Morgan fingerprint density at radius 3 is 2.62 bits per heavy atom. The number of aliphatic hydroxyl groups excluding tert-OH is 1. The highest BCUT2D eigenvalue weighted by atomic mass is 16.5. The second kappa shape index (κ2) is 7.29. The van der Waals surface area contributed by atoms with Gasteiger partial charge >= 0.3 is 0 Å². The van der Waals surface area contributed by atoms with Gasteiger partial charge < -0.3 is 14.7 Å². The molecule has 2 aliphatic heterocycles. The lowest BCUT2D eigenvalue weighted by molar-refractivity contribution is 0.109. The molecule has 4 nitrogen and oxygen atoms in total. The van der Waals surface area contributed by atoms with E-state index < -0.39 is 6.10 Å². The maximum atomic E-state index is 10.7. The number of β-amino-alcohol motifs (C(OH)–C–C–N with tert-alkyl or cyclic N) is 1. The maximum Gasteiger partial charge on any atom is 0.122 e. The molecular formula is C22H28N2O2. The fourth-order valence-corrected chi connectivity index (χ4v) is 4.10. The third-order valence-electron chi connectivity index (χ3n) is 5.59. The van der Waals surface area contributed by atoms with Gasteiger partial charge in [-0.25, -0.2) is 0 Å². The van der Waals surface area contributed by atoms with E-state index >= 15 is 0 Å². The van der Waals surface area contributed by atoms with Crippen LogP contribution in [0.3, 0.4) is 0 Å². The van der Waals surface area contributed by atoms with Crippen molar-refractivity contribution in [1.82, 2.24) is 4.90 Å². The predicted octanol–water partition coefficient (Wildman–Crippen LogP) is 3.09. The van der Waals surface area contributed by atoms with E-state index in [1.165, 1.54) is 22.4 Å². The van der Waals surface area contributed by atoms with Crippen molar-refractivity contribution in [2.24, 2.45) is 0 Å². The topological polar surface area (TPSA) is 35.9 Å². The smallest absolute Gasteiger partial charge is 0.122 e. The van der Waals surface area contributed by atoms with E-state index in [0.29, 0.717) is 6.54 Å². The molecule has 138 valence electrons. The van der Waals surface area contributed by atoms with Gasteiger partial charge in [-0.3, -0.25) is 4.90 Å². The summed E-state index contributed by atoms with van der Waals surface area (Å²) < 4.78 is 5.56. The quantitative estimate of drug-likeness (QED) is 0.917. The fraction of sp³-hybridized carbons (Fsp3) is 0.455. The van der Waals surface area contributed by atoms with Gasteiger partial charge in [-0.1, -0.05) is 23.8 Å². The zero-order chi connectivity index (χ0) is 18.1. The lowest BCUT2D eigenvalue weighted by atomic mass is 10.0. The SMILES string of the molecule is Cc1ccc(N2CCN(C[C@H](O)c3ccc4c(c3)CCO4)CC2)c(C)c1. The lowest BCUT2D eigenvalue weighted by Crippen LogP contribution is -2.47. The Kier molecular flexibility index (Phi) is 4.88. The molecule has 0 amide bonds. The highest BCUT2D eigenvalue weighted by Crippen LogP contribution is 2.29. The lowest BCUT2D eigenvalue weighted by Gasteiger charge is -2.37. The van der Waals surface area contributed by atoms with Gasteiger partial charge in [0.1, 0.15) is 5.75 Å². The van der Waals surface area contributed by atoms with Crippen molar-refractivity contribution >= 4 is 5.69 Å². The number of fused-ring (bicyclic) bond motifs is 1. The van der Waals surface area contributed by atoms with Crippen LogP contribution < -0.4 is 9.64 Å². The second-order valence-electron chi connectivity index (χ2n) is 7.56. The number of hydrogen-bond donors (Lipinski definition) is 1. The van der Waals surface area contributed by atoms with Crippen LogP contribution in [0.5, 0.6) is 5.75 Å². The van der Waals surface area contributed by atoms with E-state index in [1.807, 2.05) is 12.1 Å². The Bertz CT molecular complexity index is 782. The maximum absolute atomic E-state index is 10.7. The summed E-state index contributed by atoms with van der Waals surface area (Å²) in [4.78, 5) is 4.83. The number of aryl methyl sites for hydroxylation is 2. The zero-order valence-corrected chi connectivity index (χ0v) is 15.7. The summed E-state index contributed by atoms with van der Waals surface area (Å²) in [5.41, 5.74) is 6.23. The van der Waals surface area contributed by atoms with Crippen molar-refractivity contribution in [3.8, 4) is 5.75 Å². The summed E-state index contributed by atoms with van der Waals surface area (Å²) in [6.45, 7) is 9.77. The summed E-state index contributed by atoms with van der Waals surface area (Å²) in [7, 11) is 0. The van der Waals surface area contributed by atoms with Crippen molar-refractivity contribution in [2.45, 2.75) is 26.4 Å². The molecule has 2 aliphatic rings. The molecule has 4 heteroatoms. The van der Waals surface area contributed by atoms with Crippen LogP contribution in [0.15, 0.2) is 36.4 Å². The minimum absolute atomic E-state index is 0.437. The normalized spacial score (nSPS) is 18.5. The van der Waals surface area contributed by atoms with Gasteiger partial charge in [0.05, 0.1) is 12.7 Å². The van der Waals surface area contributed by atoms with Crippen molar-refractivity contribution in [1.29, 1.82) is 0 Å². The van der Waals surface area contributed by atoms with Gasteiger partial charge in [0.2, 0.25) is 0 Å². The summed E-state index contributed by atoms with van der Waals surface area (Å²) in [6, 6.07) is 12.8. The molecule has 1 fully saturated rings. The monoisotopic (exact) mass is 352 g/mol. The molecule has 1 N–H and O–H groups in total. The first-order chi connectivity index (χ1) is 12.6. The minimum atomic E-state index is -0.437. The molecule has 1 saturated heterocycles. The van der Waals surface area contributed by atoms with E-state index in [-0.39, 0.29) is 0 Å². The molecule has 2 heterocycles. The Labute approximate surface area is 156 Å². The van der Waals surface area contributed by atoms with Crippen LogP contribution in [0.25, 0.3) is 0 Å². The average molecular weight is 352 g/mol. The van der Waals surface area contributed by atoms with Crippen LogP contribution >= 0.6 is 0 Å². The number of nitrogens with zero attached hydrogens (tertiary/aromatic N) is 2. The molecule has 0 unspecified atom stereocenters. The zero-order valence-electron chi connectivity index (χ0n) is 15.7. The van der Waals surface area contributed by atoms with Gasteiger partial charge in [-0.05, 0) is 48.7 Å². The summed E-state index contributed by atoms with van der Waals surface area (Å²) >= 11 is 0. The molecular weight excluding hydrogens is 324 g/mol. The van der Waals surface area contributed by atoms with E-state index in [4.69, 9.17) is 4.74 Å². The van der Waals surface area contributed by atoms with Gasteiger partial charge in [-0.15, -0.1) is 0 Å². The fourth-order valence-electron chi connectivity index (χ4n) is 4.10. The Balaban J connectivity index is 1.35. The number of anilines is 1. The van der Waals surface area contributed by atoms with Crippen molar-refractivity contribution in [2.75, 3.05) is 44.2 Å². The van der Waals surface area contributed by atoms with Crippen molar-refractivity contribution in [3.63, 3.8) is 0 Å². The third-order valence-corrected chi connectivity index (χ3v) is 5.59. The molecule has 4 rings (SSSR count). The Morgan fingerprint density at radius 2 is 1.85 bits per heavy atom. The number of ether oxygens (including phenoxy) is 1. The Hall–Kier alpha value is -2.04. The highest BCUT2D eigenvalue weighted by molar-refractivity contribution is 5.54. The summed E-state index contributed by atoms with van der Waals surface area (Å²) in [5, 5.41) is 10.7. The first-order valence-corrected chi connectivity index (χ1v) is 9.58. The predicted molar refractivity (Wildman–Crippen MR) is 105 cm³/mol. The number of piperazine rings is 1. The largest absolute Gasteiger partial charge is 0.493 e. The molecule has 26 heavy (non-hydrogen) atoms. The molecule has 0 aromatic heterocycles. The summed E-state index contributed by atoms with van der Waals surface area (Å²) in [6.07, 6.45) is 0.512. The standard InChI is InChI=1S/C22H28N2O2/c1-16-3-5-20(17(2)13-16)24-10-8-23(9-11-24)15-21(25)18-4-6-22-19(14-18)7-12-26-22/h3-6,13-14,21,25H,7-12,15H2,1-2H3/t21-/m0/s1. The van der Waals surface area contributed by atoms with Crippen LogP contribution in [0.4, 0.5) is 5.69 Å². The van der Waals surface area contributed by atoms with Crippen LogP contribution in [0, 0.1) is 13.8 Å². The number of hydrogen-bond acceptors (Lipinski definition) is 4. The first-order valence-electron chi connectivity index (χ1n) is 9.58. The van der Waals surface area contributed by atoms with Crippen molar-refractivity contribution in [3.05, 3.63) is 58.7 Å². The van der Waals surface area contributed by atoms with Crippen LogP contribution in [-0.2, 0) is 6.42 Å². The van der Waals surface area contributed by atoms with E-state index in [9.17, 15) is 5.11 Å². The average Bonchev–Trinajstić information content (AvgIpc) is 3.10. The van der Waals surface area contributed by atoms with Crippen LogP contribution in [0.1, 0.15) is 28.4 Å². The number of rotatable bonds is 4. The van der Waals surface area contributed by atoms with Crippen molar-refractivity contribution < 1.29 is 9.84 Å². The molecule has 0 aliphatic carbocycles. The van der Waals surface area contributed by atoms with E-state index in [2.05, 4.69) is 47.9 Å². The minimum Gasteiger partial charge on any atom is -0.493 e. The van der Waals surface area contributed by atoms with Crippen LogP contribution in [-0.4, -0.2) is 49.3 Å². The van der Waals surface area contributed by atoms with Crippen LogP contribution in [0.2, 0.25) is 0 Å². The third kappa shape index (κ3) is 3.57. The highest BCUT2D eigenvalue weighted by Gasteiger charge is 2.22. The molecule has 1 atom stereocenters. The molecule has 0 spiro atoms. The van der Waals surface area contributed by atoms with Gasteiger partial charge in [0, 0.05) is 44.8 Å². The number of aliphatic hydroxyl groups is 1. The Morgan fingerprint density at radius 1 is 1.04 bits per heavy atom.